The molecule has 0 aromatic heterocycles. The maximum Gasteiger partial charge on any atom is 0.0674 e. The molecule has 1 saturated heterocycles. The number of nitrogens with zero attached hydrogens (tertiary/aromatic N) is 1. The molecular formula is C12H24N2O. The van der Waals surface area contributed by atoms with Gasteiger partial charge in [0.05, 0.1) is 12.7 Å². The summed E-state index contributed by atoms with van der Waals surface area (Å²) in [6.07, 6.45) is 4.59. The minimum absolute atomic E-state index is 0.424. The van der Waals surface area contributed by atoms with Crippen molar-refractivity contribution in [2.24, 2.45) is 5.92 Å². The van der Waals surface area contributed by atoms with Crippen LogP contribution < -0.4 is 5.32 Å². The quantitative estimate of drug-likeness (QED) is 0.758. The van der Waals surface area contributed by atoms with Crippen molar-refractivity contribution in [1.29, 1.82) is 0 Å². The average molecular weight is 212 g/mol. The summed E-state index contributed by atoms with van der Waals surface area (Å²) in [5.74, 6) is 0.861. The number of hydrogen-bond acceptors (Lipinski definition) is 3. The van der Waals surface area contributed by atoms with E-state index in [0.717, 1.165) is 31.7 Å². The van der Waals surface area contributed by atoms with Crippen LogP contribution in [0.3, 0.4) is 0 Å². The Morgan fingerprint density at radius 2 is 2.27 bits per heavy atom. The van der Waals surface area contributed by atoms with Gasteiger partial charge in [-0.2, -0.15) is 0 Å². The first-order valence-electron chi connectivity index (χ1n) is 6.31. The molecule has 3 nitrogen and oxygen atoms in total. The smallest absolute Gasteiger partial charge is 0.0674 e. The number of morpholine rings is 1. The maximum atomic E-state index is 5.57. The Kier molecular flexibility index (Phi) is 4.00. The van der Waals surface area contributed by atoms with E-state index in [-0.39, 0.29) is 0 Å². The predicted octanol–water partition coefficient (Wildman–Crippen LogP) is 1.10. The zero-order valence-corrected chi connectivity index (χ0v) is 10.0. The Morgan fingerprint density at radius 1 is 1.40 bits per heavy atom. The van der Waals surface area contributed by atoms with E-state index in [4.69, 9.17) is 4.74 Å². The summed E-state index contributed by atoms with van der Waals surface area (Å²) in [5, 5.41) is 3.46. The largest absolute Gasteiger partial charge is 0.376 e. The second-order valence-electron chi connectivity index (χ2n) is 5.03. The SMILES string of the molecule is CNC1CCCC1CN1CCOC(C)C1. The van der Waals surface area contributed by atoms with Gasteiger partial charge in [0.1, 0.15) is 0 Å². The van der Waals surface area contributed by atoms with Gasteiger partial charge in [-0.05, 0) is 32.7 Å². The summed E-state index contributed by atoms with van der Waals surface area (Å²) >= 11 is 0. The molecule has 0 bridgehead atoms. The number of ether oxygens (including phenoxy) is 1. The fraction of sp³-hybridized carbons (Fsp3) is 1.00. The molecule has 15 heavy (non-hydrogen) atoms. The third-order valence-corrected chi connectivity index (χ3v) is 3.85. The lowest BCUT2D eigenvalue weighted by Gasteiger charge is -2.34. The van der Waals surface area contributed by atoms with Crippen LogP contribution in [0.25, 0.3) is 0 Å². The molecule has 0 amide bonds. The van der Waals surface area contributed by atoms with E-state index in [1.165, 1.54) is 25.8 Å². The summed E-state index contributed by atoms with van der Waals surface area (Å²) in [6.45, 7) is 6.60. The first-order chi connectivity index (χ1) is 7.29. The fourth-order valence-electron chi connectivity index (χ4n) is 3.02. The Morgan fingerprint density at radius 3 is 3.00 bits per heavy atom. The second-order valence-corrected chi connectivity index (χ2v) is 5.03. The molecule has 1 aliphatic carbocycles. The molecule has 2 fully saturated rings. The van der Waals surface area contributed by atoms with Crippen LogP contribution in [0, 0.1) is 5.92 Å². The van der Waals surface area contributed by atoms with Crippen molar-refractivity contribution in [2.75, 3.05) is 33.3 Å². The monoisotopic (exact) mass is 212 g/mol. The van der Waals surface area contributed by atoms with Crippen molar-refractivity contribution >= 4 is 0 Å². The summed E-state index contributed by atoms with van der Waals surface area (Å²) in [5.41, 5.74) is 0. The van der Waals surface area contributed by atoms with Gasteiger partial charge in [-0.25, -0.2) is 0 Å². The Labute approximate surface area is 93.2 Å². The van der Waals surface area contributed by atoms with E-state index < -0.39 is 0 Å². The molecule has 1 heterocycles. The maximum absolute atomic E-state index is 5.57. The van der Waals surface area contributed by atoms with Crippen LogP contribution >= 0.6 is 0 Å². The fourth-order valence-corrected chi connectivity index (χ4v) is 3.02. The minimum atomic E-state index is 0.424. The summed E-state index contributed by atoms with van der Waals surface area (Å²) in [7, 11) is 2.10. The van der Waals surface area contributed by atoms with E-state index in [2.05, 4.69) is 24.2 Å². The van der Waals surface area contributed by atoms with Crippen molar-refractivity contribution in [2.45, 2.75) is 38.3 Å². The highest BCUT2D eigenvalue weighted by Crippen LogP contribution is 2.26. The Balaban J connectivity index is 1.80. The molecule has 3 unspecified atom stereocenters. The van der Waals surface area contributed by atoms with Crippen LogP contribution in [-0.2, 0) is 4.74 Å². The highest BCUT2D eigenvalue weighted by Gasteiger charge is 2.28. The lowest BCUT2D eigenvalue weighted by molar-refractivity contribution is -0.0237. The van der Waals surface area contributed by atoms with Crippen LogP contribution in [0.15, 0.2) is 0 Å². The van der Waals surface area contributed by atoms with Gasteiger partial charge in [-0.3, -0.25) is 4.90 Å². The average Bonchev–Trinajstić information content (AvgIpc) is 2.65. The van der Waals surface area contributed by atoms with E-state index in [1.54, 1.807) is 0 Å². The van der Waals surface area contributed by atoms with Crippen molar-refractivity contribution in [3.05, 3.63) is 0 Å². The third kappa shape index (κ3) is 2.92. The molecule has 0 aromatic rings. The van der Waals surface area contributed by atoms with Crippen molar-refractivity contribution in [3.8, 4) is 0 Å². The van der Waals surface area contributed by atoms with Crippen LogP contribution in [0.5, 0.6) is 0 Å². The zero-order valence-electron chi connectivity index (χ0n) is 10.0. The van der Waals surface area contributed by atoms with Gasteiger partial charge in [0.25, 0.3) is 0 Å². The molecule has 1 N–H and O–H groups in total. The third-order valence-electron chi connectivity index (χ3n) is 3.85. The summed E-state index contributed by atoms with van der Waals surface area (Å²) in [4.78, 5) is 2.58. The molecular weight excluding hydrogens is 188 g/mol. The number of hydrogen-bond donors (Lipinski definition) is 1. The van der Waals surface area contributed by atoms with Crippen LogP contribution in [0.2, 0.25) is 0 Å². The van der Waals surface area contributed by atoms with E-state index in [1.807, 2.05) is 0 Å². The van der Waals surface area contributed by atoms with Gasteiger partial charge in [0, 0.05) is 25.7 Å². The topological polar surface area (TPSA) is 24.5 Å². The lowest BCUT2D eigenvalue weighted by Crippen LogP contribution is -2.45. The molecule has 2 rings (SSSR count). The summed E-state index contributed by atoms with van der Waals surface area (Å²) in [6, 6.07) is 0.753. The van der Waals surface area contributed by atoms with Gasteiger partial charge >= 0.3 is 0 Å². The van der Waals surface area contributed by atoms with E-state index in [0.29, 0.717) is 6.10 Å². The molecule has 0 aromatic carbocycles. The van der Waals surface area contributed by atoms with Gasteiger partial charge < -0.3 is 10.1 Å². The van der Waals surface area contributed by atoms with E-state index >= 15 is 0 Å². The molecule has 0 spiro atoms. The first-order valence-corrected chi connectivity index (χ1v) is 6.31. The first kappa shape index (κ1) is 11.4. The lowest BCUT2D eigenvalue weighted by atomic mass is 10.0. The van der Waals surface area contributed by atoms with Gasteiger partial charge in [-0.15, -0.1) is 0 Å². The highest BCUT2D eigenvalue weighted by molar-refractivity contribution is 4.85. The van der Waals surface area contributed by atoms with Crippen LogP contribution in [-0.4, -0.2) is 50.3 Å². The van der Waals surface area contributed by atoms with Crippen LogP contribution in [0.4, 0.5) is 0 Å². The molecule has 88 valence electrons. The number of nitrogens with one attached hydrogen (secondary N) is 1. The van der Waals surface area contributed by atoms with E-state index in [9.17, 15) is 0 Å². The van der Waals surface area contributed by atoms with Gasteiger partial charge in [-0.1, -0.05) is 6.42 Å². The minimum Gasteiger partial charge on any atom is -0.376 e. The van der Waals surface area contributed by atoms with Gasteiger partial charge in [0.2, 0.25) is 0 Å². The predicted molar refractivity (Wildman–Crippen MR) is 62.0 cm³/mol. The molecule has 1 aliphatic heterocycles. The van der Waals surface area contributed by atoms with Gasteiger partial charge in [0.15, 0.2) is 0 Å². The van der Waals surface area contributed by atoms with Crippen LogP contribution in [0.1, 0.15) is 26.2 Å². The molecule has 3 heteroatoms. The Hall–Kier alpha value is -0.120. The Bertz CT molecular complexity index is 198. The molecule has 3 atom stereocenters. The number of rotatable bonds is 3. The normalized spacial score (nSPS) is 38.4. The highest BCUT2D eigenvalue weighted by atomic mass is 16.5. The molecule has 2 aliphatic rings. The summed E-state index contributed by atoms with van der Waals surface area (Å²) < 4.78 is 5.57. The molecule has 0 radical (unpaired) electrons. The zero-order chi connectivity index (χ0) is 10.7. The van der Waals surface area contributed by atoms with Crippen molar-refractivity contribution in [1.82, 2.24) is 10.2 Å². The van der Waals surface area contributed by atoms with Crippen molar-refractivity contribution < 1.29 is 4.74 Å². The second kappa shape index (κ2) is 5.28. The molecule has 1 saturated carbocycles. The van der Waals surface area contributed by atoms with Crippen molar-refractivity contribution in [3.63, 3.8) is 0 Å². The standard InChI is InChI=1S/C12H24N2O/c1-10-8-14(6-7-15-10)9-11-4-3-5-12(11)13-2/h10-13H,3-9H2,1-2H3.